The van der Waals surface area contributed by atoms with Crippen LogP contribution in [0.1, 0.15) is 37.1 Å². The Kier molecular flexibility index (Phi) is 2.71. The molecule has 90 valence electrons. The minimum Gasteiger partial charge on any atom is -0.324 e. The van der Waals surface area contributed by atoms with Crippen molar-refractivity contribution in [2.75, 3.05) is 6.54 Å². The number of carbonyl (C=O) groups is 1. The van der Waals surface area contributed by atoms with Crippen LogP contribution in [0.15, 0.2) is 18.6 Å². The van der Waals surface area contributed by atoms with Crippen LogP contribution in [-0.2, 0) is 5.41 Å². The van der Waals surface area contributed by atoms with Gasteiger partial charge in [0.05, 0.1) is 18.3 Å². The molecule has 2 N–H and O–H groups in total. The molecule has 0 aliphatic rings. The maximum Gasteiger partial charge on any atom is 0.196 e. The smallest absolute Gasteiger partial charge is 0.196 e. The number of fused-ring (bicyclic) bond motifs is 1. The Bertz CT molecular complexity index is 565. The number of ketones is 1. The third kappa shape index (κ3) is 1.93. The highest BCUT2D eigenvalue weighted by atomic mass is 16.1. The molecule has 0 radical (unpaired) electrons. The third-order valence-electron chi connectivity index (χ3n) is 2.57. The number of rotatable bonds is 2. The monoisotopic (exact) mass is 232 g/mol. The lowest BCUT2D eigenvalue weighted by Crippen LogP contribution is -2.17. The van der Waals surface area contributed by atoms with Gasteiger partial charge in [0.1, 0.15) is 11.5 Å². The van der Waals surface area contributed by atoms with Crippen molar-refractivity contribution >= 4 is 11.3 Å². The van der Waals surface area contributed by atoms with Crippen LogP contribution in [0.2, 0.25) is 0 Å². The molecule has 2 aromatic heterocycles. The van der Waals surface area contributed by atoms with Crippen molar-refractivity contribution in [2.24, 2.45) is 5.73 Å². The molecule has 0 aliphatic heterocycles. The quantitative estimate of drug-likeness (QED) is 0.789. The number of nitrogens with two attached hydrogens (primary N) is 1. The van der Waals surface area contributed by atoms with Gasteiger partial charge >= 0.3 is 0 Å². The average Bonchev–Trinajstić information content (AvgIpc) is 2.67. The Labute approximate surface area is 99.7 Å². The predicted octanol–water partition coefficient (Wildman–Crippen LogP) is 1.17. The zero-order valence-electron chi connectivity index (χ0n) is 10.3. The van der Waals surface area contributed by atoms with Crippen molar-refractivity contribution in [3.8, 4) is 0 Å². The Morgan fingerprint density at radius 2 is 2.18 bits per heavy atom. The summed E-state index contributed by atoms with van der Waals surface area (Å²) in [5, 5.41) is 0. The van der Waals surface area contributed by atoms with Gasteiger partial charge < -0.3 is 5.73 Å². The second kappa shape index (κ2) is 3.92. The Hall–Kier alpha value is -1.75. The number of nitrogens with zero attached hydrogens (tertiary/aromatic N) is 3. The van der Waals surface area contributed by atoms with E-state index >= 15 is 0 Å². The van der Waals surface area contributed by atoms with Crippen molar-refractivity contribution in [3.05, 3.63) is 30.1 Å². The van der Waals surface area contributed by atoms with E-state index in [1.54, 1.807) is 12.4 Å². The number of aromatic nitrogens is 3. The maximum atomic E-state index is 11.7. The highest BCUT2D eigenvalue weighted by Gasteiger charge is 2.24. The van der Waals surface area contributed by atoms with Gasteiger partial charge in [-0.05, 0) is 0 Å². The summed E-state index contributed by atoms with van der Waals surface area (Å²) in [5.41, 5.74) is 6.38. The van der Waals surface area contributed by atoms with Crippen molar-refractivity contribution in [2.45, 2.75) is 26.2 Å². The van der Waals surface area contributed by atoms with Crippen LogP contribution in [-0.4, -0.2) is 26.7 Å². The first-order valence-corrected chi connectivity index (χ1v) is 5.51. The number of hydrogen-bond acceptors (Lipinski definition) is 4. The van der Waals surface area contributed by atoms with Crippen molar-refractivity contribution in [1.29, 1.82) is 0 Å². The molecule has 0 amide bonds. The van der Waals surface area contributed by atoms with E-state index in [2.05, 4.69) is 30.7 Å². The second-order valence-corrected chi connectivity index (χ2v) is 4.99. The van der Waals surface area contributed by atoms with Crippen LogP contribution in [0, 0.1) is 0 Å². The molecule has 2 aromatic rings. The average molecular weight is 232 g/mol. The molecule has 0 unspecified atom stereocenters. The fourth-order valence-corrected chi connectivity index (χ4v) is 1.77. The van der Waals surface area contributed by atoms with Gasteiger partial charge in [-0.3, -0.25) is 14.2 Å². The van der Waals surface area contributed by atoms with E-state index in [9.17, 15) is 4.79 Å². The van der Waals surface area contributed by atoms with E-state index in [-0.39, 0.29) is 17.7 Å². The summed E-state index contributed by atoms with van der Waals surface area (Å²) >= 11 is 0. The molecule has 2 heterocycles. The lowest BCUT2D eigenvalue weighted by molar-refractivity contribution is 0.0998. The first kappa shape index (κ1) is 11.7. The van der Waals surface area contributed by atoms with Crippen LogP contribution < -0.4 is 5.73 Å². The molecular weight excluding hydrogens is 216 g/mol. The zero-order valence-corrected chi connectivity index (χ0v) is 10.3. The van der Waals surface area contributed by atoms with E-state index in [4.69, 9.17) is 5.73 Å². The number of Topliss-reactive ketones (excluding diaryl/α,β-unsaturated/α-hetero) is 1. The normalized spacial score (nSPS) is 12.0. The fraction of sp³-hybridized carbons (Fsp3) is 0.417. The molecule has 5 heteroatoms. The SMILES string of the molecule is CC(C)(C)c1nc(C(=O)CN)c2cnccn12. The summed E-state index contributed by atoms with van der Waals surface area (Å²) in [5.74, 6) is 0.678. The summed E-state index contributed by atoms with van der Waals surface area (Å²) in [6, 6.07) is 0. The summed E-state index contributed by atoms with van der Waals surface area (Å²) in [6.45, 7) is 6.13. The predicted molar refractivity (Wildman–Crippen MR) is 65.1 cm³/mol. The summed E-state index contributed by atoms with van der Waals surface area (Å²) < 4.78 is 1.90. The van der Waals surface area contributed by atoms with Crippen LogP contribution in [0.5, 0.6) is 0 Å². The molecule has 17 heavy (non-hydrogen) atoms. The van der Waals surface area contributed by atoms with E-state index in [1.165, 1.54) is 0 Å². The van der Waals surface area contributed by atoms with Crippen LogP contribution >= 0.6 is 0 Å². The second-order valence-electron chi connectivity index (χ2n) is 4.99. The number of hydrogen-bond donors (Lipinski definition) is 1. The van der Waals surface area contributed by atoms with Crippen molar-refractivity contribution in [1.82, 2.24) is 14.4 Å². The summed E-state index contributed by atoms with van der Waals surface area (Å²) in [7, 11) is 0. The molecule has 0 atom stereocenters. The van der Waals surface area contributed by atoms with E-state index in [0.717, 1.165) is 5.82 Å². The standard InChI is InChI=1S/C12H16N4O/c1-12(2,3)11-15-10(9(17)6-13)8-7-14-4-5-16(8)11/h4-5,7H,6,13H2,1-3H3. The molecular formula is C12H16N4O. The van der Waals surface area contributed by atoms with Gasteiger partial charge in [-0.25, -0.2) is 4.98 Å². The lowest BCUT2D eigenvalue weighted by atomic mass is 9.96. The van der Waals surface area contributed by atoms with E-state index < -0.39 is 0 Å². The maximum absolute atomic E-state index is 11.7. The lowest BCUT2D eigenvalue weighted by Gasteiger charge is -2.16. The van der Waals surface area contributed by atoms with Gasteiger partial charge in [-0.2, -0.15) is 0 Å². The molecule has 0 aliphatic carbocycles. The highest BCUT2D eigenvalue weighted by molar-refractivity contribution is 6.01. The molecule has 0 saturated carbocycles. The molecule has 2 rings (SSSR count). The Morgan fingerprint density at radius 1 is 1.47 bits per heavy atom. The van der Waals surface area contributed by atoms with E-state index in [0.29, 0.717) is 11.2 Å². The van der Waals surface area contributed by atoms with Crippen molar-refractivity contribution in [3.63, 3.8) is 0 Å². The van der Waals surface area contributed by atoms with Gasteiger partial charge in [-0.15, -0.1) is 0 Å². The molecule has 0 bridgehead atoms. The fourth-order valence-electron chi connectivity index (χ4n) is 1.77. The molecule has 5 nitrogen and oxygen atoms in total. The molecule has 0 spiro atoms. The van der Waals surface area contributed by atoms with Gasteiger partial charge in [0.15, 0.2) is 5.78 Å². The first-order chi connectivity index (χ1) is 7.95. The van der Waals surface area contributed by atoms with E-state index in [1.807, 2.05) is 10.6 Å². The largest absolute Gasteiger partial charge is 0.324 e. The van der Waals surface area contributed by atoms with Crippen molar-refractivity contribution < 1.29 is 4.79 Å². The van der Waals surface area contributed by atoms with Gasteiger partial charge in [-0.1, -0.05) is 20.8 Å². The highest BCUT2D eigenvalue weighted by Crippen LogP contribution is 2.24. The minimum absolute atomic E-state index is 0.0366. The van der Waals surface area contributed by atoms with Gasteiger partial charge in [0.2, 0.25) is 0 Å². The zero-order chi connectivity index (χ0) is 12.6. The van der Waals surface area contributed by atoms with Crippen LogP contribution in [0.25, 0.3) is 5.52 Å². The Balaban J connectivity index is 2.76. The third-order valence-corrected chi connectivity index (χ3v) is 2.57. The van der Waals surface area contributed by atoms with Crippen LogP contribution in [0.3, 0.4) is 0 Å². The minimum atomic E-state index is -0.161. The number of carbonyl (C=O) groups excluding carboxylic acids is 1. The molecule has 0 saturated heterocycles. The summed E-state index contributed by atoms with van der Waals surface area (Å²) in [4.78, 5) is 20.2. The number of imidazole rings is 1. The topological polar surface area (TPSA) is 73.3 Å². The Morgan fingerprint density at radius 3 is 2.76 bits per heavy atom. The molecule has 0 aromatic carbocycles. The van der Waals surface area contributed by atoms with Crippen LogP contribution in [0.4, 0.5) is 0 Å². The first-order valence-electron chi connectivity index (χ1n) is 5.51. The molecule has 0 fully saturated rings. The van der Waals surface area contributed by atoms with Gasteiger partial charge in [0.25, 0.3) is 0 Å². The summed E-state index contributed by atoms with van der Waals surface area (Å²) in [6.07, 6.45) is 5.14. The van der Waals surface area contributed by atoms with Gasteiger partial charge in [0, 0.05) is 17.8 Å².